The first-order chi connectivity index (χ1) is 8.97. The van der Waals surface area contributed by atoms with E-state index >= 15 is 0 Å². The average Bonchev–Trinajstić information content (AvgIpc) is 2.36. The van der Waals surface area contributed by atoms with Crippen LogP contribution in [0.4, 0.5) is 17.1 Å². The van der Waals surface area contributed by atoms with Crippen molar-refractivity contribution in [3.05, 3.63) is 52.0 Å². The zero-order valence-electron chi connectivity index (χ0n) is 10.2. The van der Waals surface area contributed by atoms with Gasteiger partial charge in [0.05, 0.1) is 10.0 Å². The standard InChI is InChI=1S/C14H12Cl2N2O/c1-8(19)11-6-9(3-5-14(11)17)18-10-2-4-12(15)13(16)7-10/h2-7,18H,17H2,1H3. The highest BCUT2D eigenvalue weighted by atomic mass is 35.5. The molecular formula is C14H12Cl2N2O. The van der Waals surface area contributed by atoms with Crippen LogP contribution < -0.4 is 11.1 Å². The Morgan fingerprint density at radius 1 is 1.05 bits per heavy atom. The van der Waals surface area contributed by atoms with Crippen LogP contribution in [0.1, 0.15) is 17.3 Å². The second-order valence-electron chi connectivity index (χ2n) is 4.11. The van der Waals surface area contributed by atoms with Crippen LogP contribution in [0.2, 0.25) is 10.0 Å². The van der Waals surface area contributed by atoms with Crippen molar-refractivity contribution in [3.8, 4) is 0 Å². The summed E-state index contributed by atoms with van der Waals surface area (Å²) >= 11 is 11.8. The zero-order chi connectivity index (χ0) is 14.0. The molecule has 0 bridgehead atoms. The van der Waals surface area contributed by atoms with Crippen LogP contribution in [0.5, 0.6) is 0 Å². The molecular weight excluding hydrogens is 283 g/mol. The Hall–Kier alpha value is -1.71. The van der Waals surface area contributed by atoms with E-state index in [-0.39, 0.29) is 5.78 Å². The number of hydrogen-bond donors (Lipinski definition) is 2. The summed E-state index contributed by atoms with van der Waals surface area (Å²) in [5.41, 5.74) is 8.24. The molecule has 0 aromatic heterocycles. The van der Waals surface area contributed by atoms with Crippen molar-refractivity contribution in [2.75, 3.05) is 11.1 Å². The number of carbonyl (C=O) groups is 1. The van der Waals surface area contributed by atoms with E-state index < -0.39 is 0 Å². The monoisotopic (exact) mass is 294 g/mol. The van der Waals surface area contributed by atoms with E-state index in [9.17, 15) is 4.79 Å². The van der Waals surface area contributed by atoms with E-state index in [0.29, 0.717) is 21.3 Å². The van der Waals surface area contributed by atoms with Crippen LogP contribution in [0.15, 0.2) is 36.4 Å². The highest BCUT2D eigenvalue weighted by Crippen LogP contribution is 2.28. The number of nitrogen functional groups attached to an aromatic ring is 1. The Kier molecular flexibility index (Phi) is 3.98. The maximum atomic E-state index is 11.4. The van der Waals surface area contributed by atoms with E-state index in [4.69, 9.17) is 28.9 Å². The Labute approximate surface area is 121 Å². The molecule has 0 spiro atoms. The normalized spacial score (nSPS) is 10.3. The number of benzene rings is 2. The molecule has 0 saturated carbocycles. The molecule has 0 fully saturated rings. The lowest BCUT2D eigenvalue weighted by Crippen LogP contribution is -2.01. The maximum Gasteiger partial charge on any atom is 0.161 e. The van der Waals surface area contributed by atoms with Crippen LogP contribution in [0.25, 0.3) is 0 Å². The van der Waals surface area contributed by atoms with Gasteiger partial charge in [-0.3, -0.25) is 4.79 Å². The largest absolute Gasteiger partial charge is 0.398 e. The summed E-state index contributed by atoms with van der Waals surface area (Å²) in [6, 6.07) is 10.4. The molecule has 19 heavy (non-hydrogen) atoms. The van der Waals surface area contributed by atoms with Gasteiger partial charge in [-0.25, -0.2) is 0 Å². The van der Waals surface area contributed by atoms with Gasteiger partial charge in [-0.2, -0.15) is 0 Å². The minimum atomic E-state index is -0.0738. The fourth-order valence-corrected chi connectivity index (χ4v) is 1.98. The molecule has 0 aliphatic heterocycles. The van der Waals surface area contributed by atoms with Crippen LogP contribution >= 0.6 is 23.2 Å². The zero-order valence-corrected chi connectivity index (χ0v) is 11.7. The van der Waals surface area contributed by atoms with Crippen molar-refractivity contribution in [1.29, 1.82) is 0 Å². The van der Waals surface area contributed by atoms with Crippen molar-refractivity contribution in [2.45, 2.75) is 6.92 Å². The van der Waals surface area contributed by atoms with Gasteiger partial charge in [-0.05, 0) is 43.3 Å². The third-order valence-electron chi connectivity index (χ3n) is 2.64. The molecule has 3 nitrogen and oxygen atoms in total. The number of nitrogens with two attached hydrogens (primary N) is 1. The van der Waals surface area contributed by atoms with Gasteiger partial charge in [0.15, 0.2) is 5.78 Å². The second kappa shape index (κ2) is 5.51. The highest BCUT2D eigenvalue weighted by Gasteiger charge is 2.06. The quantitative estimate of drug-likeness (QED) is 0.646. The van der Waals surface area contributed by atoms with Gasteiger partial charge in [0, 0.05) is 22.6 Å². The Balaban J connectivity index is 2.30. The predicted octanol–water partition coefficient (Wildman–Crippen LogP) is 4.52. The van der Waals surface area contributed by atoms with Crippen molar-refractivity contribution in [3.63, 3.8) is 0 Å². The predicted molar refractivity (Wildman–Crippen MR) is 80.6 cm³/mol. The van der Waals surface area contributed by atoms with Gasteiger partial charge in [-0.15, -0.1) is 0 Å². The molecule has 2 rings (SSSR count). The summed E-state index contributed by atoms with van der Waals surface area (Å²) in [5, 5.41) is 4.10. The maximum absolute atomic E-state index is 11.4. The Morgan fingerprint density at radius 2 is 1.68 bits per heavy atom. The summed E-state index contributed by atoms with van der Waals surface area (Å²) in [5.74, 6) is -0.0738. The van der Waals surface area contributed by atoms with Gasteiger partial charge in [0.25, 0.3) is 0 Å². The average molecular weight is 295 g/mol. The van der Waals surface area contributed by atoms with Crippen molar-refractivity contribution >= 4 is 46.0 Å². The van der Waals surface area contributed by atoms with E-state index in [0.717, 1.165) is 11.4 Å². The van der Waals surface area contributed by atoms with Gasteiger partial charge < -0.3 is 11.1 Å². The minimum absolute atomic E-state index is 0.0738. The number of rotatable bonds is 3. The third kappa shape index (κ3) is 3.19. The summed E-state index contributed by atoms with van der Waals surface area (Å²) < 4.78 is 0. The van der Waals surface area contributed by atoms with Crippen LogP contribution in [0, 0.1) is 0 Å². The molecule has 0 amide bonds. The smallest absolute Gasteiger partial charge is 0.161 e. The summed E-state index contributed by atoms with van der Waals surface area (Å²) in [7, 11) is 0. The molecule has 0 aliphatic rings. The van der Waals surface area contributed by atoms with Gasteiger partial charge in [-0.1, -0.05) is 23.2 Å². The lowest BCUT2D eigenvalue weighted by molar-refractivity contribution is 0.101. The molecule has 0 heterocycles. The lowest BCUT2D eigenvalue weighted by atomic mass is 10.1. The van der Waals surface area contributed by atoms with Gasteiger partial charge >= 0.3 is 0 Å². The number of carbonyl (C=O) groups excluding carboxylic acids is 1. The lowest BCUT2D eigenvalue weighted by Gasteiger charge is -2.10. The number of anilines is 3. The highest BCUT2D eigenvalue weighted by molar-refractivity contribution is 6.42. The number of ketones is 1. The first-order valence-corrected chi connectivity index (χ1v) is 6.35. The van der Waals surface area contributed by atoms with Crippen molar-refractivity contribution in [2.24, 2.45) is 0 Å². The van der Waals surface area contributed by atoms with E-state index in [1.165, 1.54) is 6.92 Å². The molecule has 2 aromatic carbocycles. The Bertz CT molecular complexity index is 641. The number of nitrogens with one attached hydrogen (secondary N) is 1. The molecule has 0 saturated heterocycles. The number of Topliss-reactive ketones (excluding diaryl/α,β-unsaturated/α-hetero) is 1. The molecule has 98 valence electrons. The van der Waals surface area contributed by atoms with E-state index in [2.05, 4.69) is 5.32 Å². The summed E-state index contributed by atoms with van der Waals surface area (Å²) in [4.78, 5) is 11.4. The number of halogens is 2. The Morgan fingerprint density at radius 3 is 2.32 bits per heavy atom. The molecule has 0 aliphatic carbocycles. The first-order valence-electron chi connectivity index (χ1n) is 5.60. The second-order valence-corrected chi connectivity index (χ2v) is 4.93. The third-order valence-corrected chi connectivity index (χ3v) is 3.38. The molecule has 3 N–H and O–H groups in total. The molecule has 0 atom stereocenters. The molecule has 5 heteroatoms. The fraction of sp³-hybridized carbons (Fsp3) is 0.0714. The topological polar surface area (TPSA) is 55.1 Å². The molecule has 0 radical (unpaired) electrons. The summed E-state index contributed by atoms with van der Waals surface area (Å²) in [6.45, 7) is 1.48. The SMILES string of the molecule is CC(=O)c1cc(Nc2ccc(Cl)c(Cl)c2)ccc1N. The van der Waals surface area contributed by atoms with Gasteiger partial charge in [0.1, 0.15) is 0 Å². The van der Waals surface area contributed by atoms with E-state index in [1.54, 1.807) is 36.4 Å². The van der Waals surface area contributed by atoms with Crippen LogP contribution in [-0.4, -0.2) is 5.78 Å². The van der Waals surface area contributed by atoms with Crippen molar-refractivity contribution in [1.82, 2.24) is 0 Å². The first kappa shape index (κ1) is 13.7. The van der Waals surface area contributed by atoms with Crippen LogP contribution in [0.3, 0.4) is 0 Å². The molecule has 2 aromatic rings. The van der Waals surface area contributed by atoms with E-state index in [1.807, 2.05) is 0 Å². The number of hydrogen-bond acceptors (Lipinski definition) is 3. The van der Waals surface area contributed by atoms with Crippen LogP contribution in [-0.2, 0) is 0 Å². The fourth-order valence-electron chi connectivity index (χ4n) is 1.68. The molecule has 0 unspecified atom stereocenters. The summed E-state index contributed by atoms with van der Waals surface area (Å²) in [6.07, 6.45) is 0. The minimum Gasteiger partial charge on any atom is -0.398 e. The van der Waals surface area contributed by atoms with Crippen molar-refractivity contribution < 1.29 is 4.79 Å². The van der Waals surface area contributed by atoms with Gasteiger partial charge in [0.2, 0.25) is 0 Å².